The molecule has 0 aliphatic heterocycles. The number of carbonyl (C=O) groups excluding carboxylic acids is 2. The van der Waals surface area contributed by atoms with Crippen LogP contribution in [-0.2, 0) is 6.18 Å². The van der Waals surface area contributed by atoms with Crippen LogP contribution < -0.4 is 0 Å². The Labute approximate surface area is 115 Å². The van der Waals surface area contributed by atoms with Crippen LogP contribution in [0.2, 0.25) is 5.15 Å². The lowest BCUT2D eigenvalue weighted by atomic mass is 10.2. The first-order valence-corrected chi connectivity index (χ1v) is 5.62. The molecule has 1 aromatic heterocycles. The third-order valence-corrected chi connectivity index (χ3v) is 2.86. The Bertz CT molecular complexity index is 680. The third-order valence-electron chi connectivity index (χ3n) is 2.50. The second kappa shape index (κ2) is 5.09. The fourth-order valence-corrected chi connectivity index (χ4v) is 1.89. The Kier molecular flexibility index (Phi) is 3.63. The zero-order valence-corrected chi connectivity index (χ0v) is 10.4. The maximum absolute atomic E-state index is 12.7. The van der Waals surface area contributed by atoms with E-state index in [4.69, 9.17) is 11.6 Å². The molecule has 0 radical (unpaired) electrons. The zero-order chi connectivity index (χ0) is 14.9. The molecule has 0 aliphatic carbocycles. The number of aldehydes is 2. The lowest BCUT2D eigenvalue weighted by molar-refractivity contribution is -0.141. The highest BCUT2D eigenvalue weighted by atomic mass is 35.5. The highest BCUT2D eigenvalue weighted by molar-refractivity contribution is 6.32. The van der Waals surface area contributed by atoms with E-state index in [0.29, 0.717) is 6.29 Å². The Morgan fingerprint density at radius 1 is 1.20 bits per heavy atom. The normalized spacial score (nSPS) is 11.4. The van der Waals surface area contributed by atoms with Crippen molar-refractivity contribution in [3.63, 3.8) is 0 Å². The van der Waals surface area contributed by atoms with Gasteiger partial charge < -0.3 is 0 Å². The van der Waals surface area contributed by atoms with Crippen LogP contribution in [0.3, 0.4) is 0 Å². The van der Waals surface area contributed by atoms with Crippen LogP contribution in [0.4, 0.5) is 13.2 Å². The van der Waals surface area contributed by atoms with Crippen molar-refractivity contribution in [2.45, 2.75) is 6.18 Å². The number of hydrogen-bond donors (Lipinski definition) is 0. The number of alkyl halides is 3. The van der Waals surface area contributed by atoms with Crippen LogP contribution in [-0.4, -0.2) is 22.4 Å². The van der Waals surface area contributed by atoms with Crippen molar-refractivity contribution in [3.05, 3.63) is 46.2 Å². The quantitative estimate of drug-likeness (QED) is 0.818. The molecule has 0 atom stereocenters. The number of nitrogens with zero attached hydrogens (tertiary/aromatic N) is 2. The SMILES string of the molecule is O=Cc1cccc(-n2nc(C(F)(F)F)c(C=O)c2Cl)c1. The first-order chi connectivity index (χ1) is 9.38. The van der Waals surface area contributed by atoms with Crippen molar-refractivity contribution < 1.29 is 22.8 Å². The summed E-state index contributed by atoms with van der Waals surface area (Å²) in [4.78, 5) is 21.4. The predicted molar refractivity (Wildman–Crippen MR) is 64.4 cm³/mol. The summed E-state index contributed by atoms with van der Waals surface area (Å²) in [5.41, 5.74) is -1.71. The topological polar surface area (TPSA) is 52.0 Å². The van der Waals surface area contributed by atoms with Crippen molar-refractivity contribution in [2.75, 3.05) is 0 Å². The van der Waals surface area contributed by atoms with Gasteiger partial charge in [0.05, 0.1) is 11.3 Å². The monoisotopic (exact) mass is 302 g/mol. The van der Waals surface area contributed by atoms with E-state index in [1.165, 1.54) is 24.3 Å². The summed E-state index contributed by atoms with van der Waals surface area (Å²) in [6.07, 6.45) is -4.27. The minimum Gasteiger partial charge on any atom is -0.298 e. The van der Waals surface area contributed by atoms with Gasteiger partial charge in [-0.2, -0.15) is 18.3 Å². The highest BCUT2D eigenvalue weighted by Gasteiger charge is 2.39. The molecule has 104 valence electrons. The van der Waals surface area contributed by atoms with Crippen molar-refractivity contribution in [2.24, 2.45) is 0 Å². The molecule has 20 heavy (non-hydrogen) atoms. The molecule has 8 heteroatoms. The van der Waals surface area contributed by atoms with Crippen LogP contribution in [0.1, 0.15) is 26.4 Å². The maximum Gasteiger partial charge on any atom is 0.435 e. The van der Waals surface area contributed by atoms with Crippen LogP contribution >= 0.6 is 11.6 Å². The van der Waals surface area contributed by atoms with E-state index < -0.39 is 22.6 Å². The lowest BCUT2D eigenvalue weighted by Gasteiger charge is -2.04. The van der Waals surface area contributed by atoms with E-state index in [-0.39, 0.29) is 17.5 Å². The summed E-state index contributed by atoms with van der Waals surface area (Å²) in [7, 11) is 0. The van der Waals surface area contributed by atoms with E-state index in [2.05, 4.69) is 5.10 Å². The van der Waals surface area contributed by atoms with Gasteiger partial charge in [-0.1, -0.05) is 23.7 Å². The first-order valence-electron chi connectivity index (χ1n) is 5.25. The summed E-state index contributed by atoms with van der Waals surface area (Å²) in [5, 5.41) is 2.85. The molecule has 2 aromatic rings. The Morgan fingerprint density at radius 2 is 1.90 bits per heavy atom. The van der Waals surface area contributed by atoms with E-state index in [9.17, 15) is 22.8 Å². The van der Waals surface area contributed by atoms with Crippen LogP contribution in [0.15, 0.2) is 24.3 Å². The molecule has 4 nitrogen and oxygen atoms in total. The number of hydrogen-bond acceptors (Lipinski definition) is 3. The van der Waals surface area contributed by atoms with Gasteiger partial charge in [0.15, 0.2) is 12.0 Å². The molecule has 0 aliphatic rings. The summed E-state index contributed by atoms with van der Waals surface area (Å²) >= 11 is 5.75. The summed E-state index contributed by atoms with van der Waals surface area (Å²) in [5.74, 6) is 0. The van der Waals surface area contributed by atoms with Gasteiger partial charge >= 0.3 is 6.18 Å². The van der Waals surface area contributed by atoms with Crippen molar-refractivity contribution >= 4 is 24.2 Å². The maximum atomic E-state index is 12.7. The molecule has 0 fully saturated rings. The van der Waals surface area contributed by atoms with E-state index in [1.54, 1.807) is 0 Å². The van der Waals surface area contributed by atoms with Gasteiger partial charge in [0.1, 0.15) is 11.4 Å². The molecule has 0 unspecified atom stereocenters. The van der Waals surface area contributed by atoms with Crippen molar-refractivity contribution in [1.82, 2.24) is 9.78 Å². The van der Waals surface area contributed by atoms with Gasteiger partial charge in [0.2, 0.25) is 0 Å². The minimum atomic E-state index is -4.80. The smallest absolute Gasteiger partial charge is 0.298 e. The average Bonchev–Trinajstić information content (AvgIpc) is 2.75. The number of rotatable bonds is 3. The van der Waals surface area contributed by atoms with Crippen LogP contribution in [0.5, 0.6) is 0 Å². The first kappa shape index (κ1) is 14.3. The summed E-state index contributed by atoms with van der Waals surface area (Å²) < 4.78 is 39.0. The highest BCUT2D eigenvalue weighted by Crippen LogP contribution is 2.34. The van der Waals surface area contributed by atoms with Crippen LogP contribution in [0, 0.1) is 0 Å². The molecule has 0 spiro atoms. The van der Waals surface area contributed by atoms with Crippen molar-refractivity contribution in [3.8, 4) is 5.69 Å². The molecule has 1 aromatic carbocycles. The molecule has 0 saturated heterocycles. The van der Waals surface area contributed by atoms with Gasteiger partial charge in [0, 0.05) is 5.56 Å². The fourth-order valence-electron chi connectivity index (χ4n) is 1.62. The fraction of sp³-hybridized carbons (Fsp3) is 0.0833. The third kappa shape index (κ3) is 2.44. The molecule has 0 amide bonds. The molecule has 2 rings (SSSR count). The Morgan fingerprint density at radius 3 is 2.40 bits per heavy atom. The van der Waals surface area contributed by atoms with Gasteiger partial charge in [-0.3, -0.25) is 9.59 Å². The largest absolute Gasteiger partial charge is 0.435 e. The van der Waals surface area contributed by atoms with E-state index >= 15 is 0 Å². The molecule has 0 N–H and O–H groups in total. The zero-order valence-electron chi connectivity index (χ0n) is 9.69. The van der Waals surface area contributed by atoms with Crippen molar-refractivity contribution in [1.29, 1.82) is 0 Å². The summed E-state index contributed by atoms with van der Waals surface area (Å²) in [6.45, 7) is 0. The van der Waals surface area contributed by atoms with Gasteiger partial charge in [-0.25, -0.2) is 4.68 Å². The summed E-state index contributed by atoms with van der Waals surface area (Å²) in [6, 6.07) is 5.66. The molecule has 0 bridgehead atoms. The molecule has 1 heterocycles. The van der Waals surface area contributed by atoms with Gasteiger partial charge in [-0.05, 0) is 12.1 Å². The molecular weight excluding hydrogens is 297 g/mol. The number of halogens is 4. The molecule has 0 saturated carbocycles. The Hall–Kier alpha value is -2.15. The predicted octanol–water partition coefficient (Wildman–Crippen LogP) is 3.17. The average molecular weight is 303 g/mol. The van der Waals surface area contributed by atoms with Gasteiger partial charge in [0.25, 0.3) is 0 Å². The second-order valence-electron chi connectivity index (χ2n) is 3.79. The van der Waals surface area contributed by atoms with E-state index in [1.807, 2.05) is 0 Å². The van der Waals surface area contributed by atoms with Gasteiger partial charge in [-0.15, -0.1) is 0 Å². The standard InChI is InChI=1S/C12H6ClF3N2O2/c13-11-9(6-20)10(12(14,15)16)17-18(11)8-3-1-2-7(4-8)5-19/h1-6H. The number of aromatic nitrogens is 2. The Balaban J connectivity index is 2.66. The molecular formula is C12H6ClF3N2O2. The van der Waals surface area contributed by atoms with Crippen LogP contribution in [0.25, 0.3) is 5.69 Å². The minimum absolute atomic E-state index is 0.00175. The van der Waals surface area contributed by atoms with E-state index in [0.717, 1.165) is 4.68 Å². The lowest BCUT2D eigenvalue weighted by Crippen LogP contribution is -2.09. The second-order valence-corrected chi connectivity index (χ2v) is 4.15. The number of carbonyl (C=O) groups is 2. The number of benzene rings is 1.